The topological polar surface area (TPSA) is 64.3 Å². The Hall–Kier alpha value is -1.87. The molecule has 2 aromatic rings. The summed E-state index contributed by atoms with van der Waals surface area (Å²) in [7, 11) is 0. The van der Waals surface area contributed by atoms with E-state index in [9.17, 15) is 9.90 Å². The summed E-state index contributed by atoms with van der Waals surface area (Å²) in [5.74, 6) is -1.24. The molecule has 118 valence electrons. The number of hydrogen-bond donors (Lipinski definition) is 1. The highest BCUT2D eigenvalue weighted by atomic mass is 35.5. The molecule has 1 aliphatic rings. The maximum Gasteiger partial charge on any atom is 0.308 e. The van der Waals surface area contributed by atoms with E-state index >= 15 is 0 Å². The van der Waals surface area contributed by atoms with Crippen LogP contribution in [0, 0.1) is 17.2 Å². The fourth-order valence-electron chi connectivity index (χ4n) is 3.09. The first kappa shape index (κ1) is 16.0. The number of aliphatic carboxylic acids is 1. The lowest BCUT2D eigenvalue weighted by molar-refractivity contribution is -0.141. The van der Waals surface area contributed by atoms with E-state index < -0.39 is 11.9 Å². The minimum atomic E-state index is -0.768. The quantitative estimate of drug-likeness (QED) is 0.919. The van der Waals surface area contributed by atoms with Gasteiger partial charge in [-0.2, -0.15) is 5.26 Å². The van der Waals surface area contributed by atoms with Crippen LogP contribution >= 0.6 is 22.9 Å². The Balaban J connectivity index is 1.76. The minimum Gasteiger partial charge on any atom is -0.481 e. The van der Waals surface area contributed by atoms with Gasteiger partial charge in [0.1, 0.15) is 10.9 Å². The highest BCUT2D eigenvalue weighted by molar-refractivity contribution is 7.10. The first-order chi connectivity index (χ1) is 11.1. The van der Waals surface area contributed by atoms with Gasteiger partial charge in [-0.05, 0) is 34.7 Å². The minimum absolute atomic E-state index is 0.0427. The number of nitrogens with zero attached hydrogens (tertiary/aromatic N) is 2. The van der Waals surface area contributed by atoms with Crippen molar-refractivity contribution in [3.8, 4) is 6.07 Å². The Kier molecular flexibility index (Phi) is 4.67. The lowest BCUT2D eigenvalue weighted by Gasteiger charge is -2.15. The summed E-state index contributed by atoms with van der Waals surface area (Å²) < 4.78 is 0. The summed E-state index contributed by atoms with van der Waals surface area (Å²) in [4.78, 5) is 14.4. The molecule has 0 aliphatic carbocycles. The predicted octanol–water partition coefficient (Wildman–Crippen LogP) is 3.57. The predicted molar refractivity (Wildman–Crippen MR) is 89.6 cm³/mol. The number of thiophene rings is 1. The number of likely N-dealkylation sites (tertiary alicyclic amines) is 1. The van der Waals surface area contributed by atoms with Crippen LogP contribution in [0.5, 0.6) is 0 Å². The number of benzene rings is 1. The average Bonchev–Trinajstić information content (AvgIpc) is 3.15. The van der Waals surface area contributed by atoms with Gasteiger partial charge in [-0.25, -0.2) is 0 Å². The van der Waals surface area contributed by atoms with Crippen molar-refractivity contribution in [2.75, 3.05) is 13.1 Å². The third-order valence-corrected chi connectivity index (χ3v) is 5.32. The molecule has 0 bridgehead atoms. The molecule has 1 aromatic heterocycles. The third-order valence-electron chi connectivity index (χ3n) is 4.18. The zero-order valence-corrected chi connectivity index (χ0v) is 13.8. The Bertz CT molecular complexity index is 751. The summed E-state index contributed by atoms with van der Waals surface area (Å²) in [6, 6.07) is 11.4. The highest BCUT2D eigenvalue weighted by Gasteiger charge is 2.38. The number of nitriles is 1. The molecule has 0 saturated carbocycles. The second-order valence-electron chi connectivity index (χ2n) is 5.73. The normalized spacial score (nSPS) is 21.2. The summed E-state index contributed by atoms with van der Waals surface area (Å²) in [6.45, 7) is 1.88. The molecule has 6 heteroatoms. The lowest BCUT2D eigenvalue weighted by Crippen LogP contribution is -2.23. The fraction of sp³-hybridized carbons (Fsp3) is 0.294. The van der Waals surface area contributed by atoms with E-state index in [4.69, 9.17) is 16.9 Å². The van der Waals surface area contributed by atoms with Crippen LogP contribution in [0.2, 0.25) is 5.02 Å². The van der Waals surface area contributed by atoms with Crippen LogP contribution in [0.1, 0.15) is 21.9 Å². The molecule has 1 fully saturated rings. The van der Waals surface area contributed by atoms with Crippen molar-refractivity contribution in [3.63, 3.8) is 0 Å². The van der Waals surface area contributed by atoms with E-state index in [-0.39, 0.29) is 5.92 Å². The average molecular weight is 347 g/mol. The molecule has 1 N–H and O–H groups in total. The summed E-state index contributed by atoms with van der Waals surface area (Å²) in [5.41, 5.74) is 2.07. The fourth-order valence-corrected chi connectivity index (χ4v) is 3.91. The molecule has 0 amide bonds. The van der Waals surface area contributed by atoms with E-state index in [1.165, 1.54) is 11.3 Å². The van der Waals surface area contributed by atoms with Crippen LogP contribution < -0.4 is 0 Å². The lowest BCUT2D eigenvalue weighted by atomic mass is 9.89. The van der Waals surface area contributed by atoms with Crippen molar-refractivity contribution >= 4 is 28.9 Å². The van der Waals surface area contributed by atoms with Crippen LogP contribution in [0.3, 0.4) is 0 Å². The van der Waals surface area contributed by atoms with Crippen molar-refractivity contribution in [3.05, 3.63) is 56.7 Å². The van der Waals surface area contributed by atoms with Crippen molar-refractivity contribution < 1.29 is 9.90 Å². The molecule has 0 unspecified atom stereocenters. The van der Waals surface area contributed by atoms with Gasteiger partial charge in [-0.1, -0.05) is 23.7 Å². The van der Waals surface area contributed by atoms with Crippen molar-refractivity contribution in [2.24, 2.45) is 5.92 Å². The van der Waals surface area contributed by atoms with Gasteiger partial charge >= 0.3 is 5.97 Å². The molecule has 3 rings (SSSR count). The molecule has 0 radical (unpaired) electrons. The summed E-state index contributed by atoms with van der Waals surface area (Å²) >= 11 is 7.34. The molecule has 2 heterocycles. The smallest absolute Gasteiger partial charge is 0.308 e. The van der Waals surface area contributed by atoms with Crippen molar-refractivity contribution in [1.82, 2.24) is 4.90 Å². The molecule has 1 aliphatic heterocycles. The second kappa shape index (κ2) is 6.71. The van der Waals surface area contributed by atoms with Crippen LogP contribution in [0.15, 0.2) is 35.7 Å². The molecule has 4 nitrogen and oxygen atoms in total. The standard InChI is InChI=1S/C17H15ClN2O2S/c18-13-3-1-12(2-4-13)15-8-20(9-16(15)17(21)22)7-11-5-14(6-19)23-10-11/h1-5,10,15-16H,7-9H2,(H,21,22)/t15-,16+/m0/s1. The van der Waals surface area contributed by atoms with Gasteiger partial charge in [0.05, 0.1) is 5.92 Å². The SMILES string of the molecule is N#Cc1cc(CN2C[C@@H](C(=O)O)[C@H](c3ccc(Cl)cc3)C2)cs1. The van der Waals surface area contributed by atoms with E-state index in [0.717, 1.165) is 11.1 Å². The van der Waals surface area contributed by atoms with Crippen LogP contribution in [-0.4, -0.2) is 29.1 Å². The Morgan fingerprint density at radius 2 is 2.13 bits per heavy atom. The van der Waals surface area contributed by atoms with Gasteiger partial charge in [-0.3, -0.25) is 9.69 Å². The van der Waals surface area contributed by atoms with E-state index in [1.807, 2.05) is 23.6 Å². The monoisotopic (exact) mass is 346 g/mol. The molecular formula is C17H15ClN2O2S. The van der Waals surface area contributed by atoms with E-state index in [1.54, 1.807) is 12.1 Å². The number of halogens is 1. The van der Waals surface area contributed by atoms with E-state index in [0.29, 0.717) is 29.5 Å². The maximum absolute atomic E-state index is 11.6. The molecule has 1 saturated heterocycles. The summed E-state index contributed by atoms with van der Waals surface area (Å²) in [6.07, 6.45) is 0. The molecule has 2 atom stereocenters. The number of carbonyl (C=O) groups is 1. The maximum atomic E-state index is 11.6. The molecular weight excluding hydrogens is 332 g/mol. The van der Waals surface area contributed by atoms with Gasteiger partial charge in [0.15, 0.2) is 0 Å². The number of rotatable bonds is 4. The number of carboxylic acid groups (broad SMARTS) is 1. The largest absolute Gasteiger partial charge is 0.481 e. The third kappa shape index (κ3) is 3.56. The number of hydrogen-bond acceptors (Lipinski definition) is 4. The van der Waals surface area contributed by atoms with Crippen LogP contribution in [0.25, 0.3) is 0 Å². The highest BCUT2D eigenvalue weighted by Crippen LogP contribution is 2.34. The zero-order chi connectivity index (χ0) is 16.4. The summed E-state index contributed by atoms with van der Waals surface area (Å²) in [5, 5.41) is 21.0. The van der Waals surface area contributed by atoms with E-state index in [2.05, 4.69) is 11.0 Å². The second-order valence-corrected chi connectivity index (χ2v) is 7.08. The molecule has 1 aromatic carbocycles. The molecule has 0 spiro atoms. The first-order valence-corrected chi connectivity index (χ1v) is 8.50. The van der Waals surface area contributed by atoms with Gasteiger partial charge in [0.2, 0.25) is 0 Å². The first-order valence-electron chi connectivity index (χ1n) is 7.25. The van der Waals surface area contributed by atoms with Gasteiger partial charge in [-0.15, -0.1) is 11.3 Å². The molecule has 23 heavy (non-hydrogen) atoms. The van der Waals surface area contributed by atoms with Gasteiger partial charge in [0, 0.05) is 30.6 Å². The van der Waals surface area contributed by atoms with Crippen LogP contribution in [0.4, 0.5) is 0 Å². The van der Waals surface area contributed by atoms with Crippen molar-refractivity contribution in [2.45, 2.75) is 12.5 Å². The Labute approximate surface area is 143 Å². The Morgan fingerprint density at radius 1 is 1.39 bits per heavy atom. The number of carboxylic acids is 1. The zero-order valence-electron chi connectivity index (χ0n) is 12.3. The Morgan fingerprint density at radius 3 is 2.74 bits per heavy atom. The van der Waals surface area contributed by atoms with Gasteiger partial charge < -0.3 is 5.11 Å². The van der Waals surface area contributed by atoms with Crippen LogP contribution in [-0.2, 0) is 11.3 Å². The van der Waals surface area contributed by atoms with Crippen molar-refractivity contribution in [1.29, 1.82) is 5.26 Å². The van der Waals surface area contributed by atoms with Gasteiger partial charge in [0.25, 0.3) is 0 Å².